The fourth-order valence-corrected chi connectivity index (χ4v) is 3.76. The van der Waals surface area contributed by atoms with Crippen LogP contribution in [-0.2, 0) is 17.6 Å². The van der Waals surface area contributed by atoms with Crippen LogP contribution in [-0.4, -0.2) is 5.91 Å². The smallest absolute Gasteiger partial charge is 0.257 e. The predicted octanol–water partition coefficient (Wildman–Crippen LogP) is 7.11. The van der Waals surface area contributed by atoms with E-state index in [1.807, 2.05) is 36.4 Å². The number of carbonyl (C=O) groups excluding carboxylic acids is 1. The SMILES string of the molecule is C=C(C)C(=O)N(c1ccc(Cc2ccccc2)cc1)c1ccc(Cc2ccccc2)cc1. The Morgan fingerprint density at radius 3 is 1.28 bits per heavy atom. The number of benzene rings is 4. The van der Waals surface area contributed by atoms with E-state index in [0.717, 1.165) is 24.2 Å². The minimum Gasteiger partial charge on any atom is -0.277 e. The summed E-state index contributed by atoms with van der Waals surface area (Å²) in [4.78, 5) is 14.8. The molecule has 0 spiro atoms. The Morgan fingerprint density at radius 2 is 0.938 bits per heavy atom. The summed E-state index contributed by atoms with van der Waals surface area (Å²) in [6.07, 6.45) is 1.73. The fourth-order valence-electron chi connectivity index (χ4n) is 3.76. The Balaban J connectivity index is 1.57. The van der Waals surface area contributed by atoms with Crippen molar-refractivity contribution in [2.75, 3.05) is 4.90 Å². The maximum atomic E-state index is 13.0. The summed E-state index contributed by atoms with van der Waals surface area (Å²) in [6.45, 7) is 5.64. The molecule has 158 valence electrons. The zero-order valence-corrected chi connectivity index (χ0v) is 18.4. The molecule has 1 amide bonds. The molecule has 2 nitrogen and oxygen atoms in total. The molecular weight excluding hydrogens is 390 g/mol. The first-order valence-electron chi connectivity index (χ1n) is 10.9. The summed E-state index contributed by atoms with van der Waals surface area (Å²) >= 11 is 0. The van der Waals surface area contributed by atoms with E-state index in [9.17, 15) is 4.79 Å². The number of rotatable bonds is 7. The lowest BCUT2D eigenvalue weighted by atomic mass is 10.0. The van der Waals surface area contributed by atoms with Gasteiger partial charge in [-0.05, 0) is 66.3 Å². The standard InChI is InChI=1S/C30H27NO/c1-23(2)30(32)31(28-17-13-26(14-18-28)21-24-9-5-3-6-10-24)29-19-15-27(16-20-29)22-25-11-7-4-8-12-25/h3-20H,1,21-22H2,2H3. The number of hydrogen-bond donors (Lipinski definition) is 0. The second-order valence-corrected chi connectivity index (χ2v) is 8.08. The van der Waals surface area contributed by atoms with E-state index in [0.29, 0.717) is 5.57 Å². The van der Waals surface area contributed by atoms with Gasteiger partial charge in [0, 0.05) is 16.9 Å². The van der Waals surface area contributed by atoms with Gasteiger partial charge in [-0.3, -0.25) is 9.69 Å². The molecule has 0 aromatic heterocycles. The molecule has 32 heavy (non-hydrogen) atoms. The maximum Gasteiger partial charge on any atom is 0.257 e. The van der Waals surface area contributed by atoms with Gasteiger partial charge in [0.05, 0.1) is 0 Å². The van der Waals surface area contributed by atoms with Crippen LogP contribution in [0, 0.1) is 0 Å². The summed E-state index contributed by atoms with van der Waals surface area (Å²) in [5, 5.41) is 0. The highest BCUT2D eigenvalue weighted by Crippen LogP contribution is 2.28. The fraction of sp³-hybridized carbons (Fsp3) is 0.100. The first-order chi connectivity index (χ1) is 15.6. The Labute approximate surface area is 190 Å². The van der Waals surface area contributed by atoms with Crippen molar-refractivity contribution in [1.29, 1.82) is 0 Å². The predicted molar refractivity (Wildman–Crippen MR) is 133 cm³/mol. The molecule has 0 saturated carbocycles. The highest BCUT2D eigenvalue weighted by molar-refractivity contribution is 6.09. The maximum absolute atomic E-state index is 13.0. The Kier molecular flexibility index (Phi) is 6.62. The summed E-state index contributed by atoms with van der Waals surface area (Å²) < 4.78 is 0. The lowest BCUT2D eigenvalue weighted by Gasteiger charge is -2.24. The van der Waals surface area contributed by atoms with Crippen LogP contribution in [0.4, 0.5) is 11.4 Å². The number of hydrogen-bond acceptors (Lipinski definition) is 1. The van der Waals surface area contributed by atoms with Crippen LogP contribution in [0.25, 0.3) is 0 Å². The third-order valence-corrected chi connectivity index (χ3v) is 5.46. The van der Waals surface area contributed by atoms with Crippen molar-refractivity contribution in [1.82, 2.24) is 0 Å². The molecule has 0 fully saturated rings. The highest BCUT2D eigenvalue weighted by atomic mass is 16.2. The summed E-state index contributed by atoms with van der Waals surface area (Å²) in [5.41, 5.74) is 7.14. The topological polar surface area (TPSA) is 20.3 Å². The van der Waals surface area contributed by atoms with Crippen LogP contribution in [0.1, 0.15) is 29.2 Å². The zero-order chi connectivity index (χ0) is 22.3. The van der Waals surface area contributed by atoms with Crippen LogP contribution >= 0.6 is 0 Å². The van der Waals surface area contributed by atoms with Crippen molar-refractivity contribution in [2.24, 2.45) is 0 Å². The molecule has 0 aliphatic carbocycles. The molecule has 0 unspecified atom stereocenters. The average molecular weight is 418 g/mol. The van der Waals surface area contributed by atoms with E-state index in [-0.39, 0.29) is 5.91 Å². The van der Waals surface area contributed by atoms with E-state index in [1.165, 1.54) is 22.3 Å². The number of nitrogens with zero attached hydrogens (tertiary/aromatic N) is 1. The van der Waals surface area contributed by atoms with Gasteiger partial charge >= 0.3 is 0 Å². The Morgan fingerprint density at radius 1 is 0.594 bits per heavy atom. The first kappa shape index (κ1) is 21.3. The van der Waals surface area contributed by atoms with Gasteiger partial charge in [0.25, 0.3) is 5.91 Å². The number of carbonyl (C=O) groups is 1. The Bertz CT molecular complexity index is 1090. The highest BCUT2D eigenvalue weighted by Gasteiger charge is 2.18. The average Bonchev–Trinajstić information content (AvgIpc) is 2.83. The molecule has 0 radical (unpaired) electrons. The minimum absolute atomic E-state index is 0.100. The van der Waals surface area contributed by atoms with E-state index in [4.69, 9.17) is 0 Å². The molecule has 0 aliphatic heterocycles. The van der Waals surface area contributed by atoms with Gasteiger partial charge in [0.15, 0.2) is 0 Å². The molecule has 0 atom stereocenters. The second-order valence-electron chi connectivity index (χ2n) is 8.08. The molecule has 4 aromatic carbocycles. The molecule has 0 bridgehead atoms. The molecule has 0 aliphatic rings. The lowest BCUT2D eigenvalue weighted by molar-refractivity contribution is -0.114. The molecule has 0 N–H and O–H groups in total. The quantitative estimate of drug-likeness (QED) is 0.293. The molecular formula is C30H27NO. The molecule has 2 heteroatoms. The van der Waals surface area contributed by atoms with Crippen LogP contribution < -0.4 is 4.90 Å². The van der Waals surface area contributed by atoms with Gasteiger partial charge in [-0.15, -0.1) is 0 Å². The number of anilines is 2. The lowest BCUT2D eigenvalue weighted by Crippen LogP contribution is -2.26. The molecule has 0 saturated heterocycles. The van der Waals surface area contributed by atoms with Crippen LogP contribution in [0.5, 0.6) is 0 Å². The third kappa shape index (κ3) is 5.22. The third-order valence-electron chi connectivity index (χ3n) is 5.46. The van der Waals surface area contributed by atoms with E-state index < -0.39 is 0 Å². The van der Waals surface area contributed by atoms with E-state index >= 15 is 0 Å². The summed E-state index contributed by atoms with van der Waals surface area (Å²) in [7, 11) is 0. The van der Waals surface area contributed by atoms with Crippen molar-refractivity contribution in [3.63, 3.8) is 0 Å². The van der Waals surface area contributed by atoms with E-state index in [1.54, 1.807) is 11.8 Å². The van der Waals surface area contributed by atoms with Crippen molar-refractivity contribution in [3.05, 3.63) is 144 Å². The zero-order valence-electron chi connectivity index (χ0n) is 18.4. The van der Waals surface area contributed by atoms with E-state index in [2.05, 4.69) is 79.4 Å². The Hall–Kier alpha value is -3.91. The normalized spacial score (nSPS) is 10.5. The van der Waals surface area contributed by atoms with Crippen molar-refractivity contribution in [3.8, 4) is 0 Å². The van der Waals surface area contributed by atoms with Crippen molar-refractivity contribution < 1.29 is 4.79 Å². The van der Waals surface area contributed by atoms with Gasteiger partial charge in [-0.1, -0.05) is 91.5 Å². The van der Waals surface area contributed by atoms with Gasteiger partial charge < -0.3 is 0 Å². The summed E-state index contributed by atoms with van der Waals surface area (Å²) in [6, 6.07) is 37.2. The molecule has 4 rings (SSSR count). The van der Waals surface area contributed by atoms with Crippen LogP contribution in [0.2, 0.25) is 0 Å². The summed E-state index contributed by atoms with van der Waals surface area (Å²) in [5.74, 6) is -0.100. The van der Waals surface area contributed by atoms with Gasteiger partial charge in [0.2, 0.25) is 0 Å². The van der Waals surface area contributed by atoms with Crippen LogP contribution in [0.15, 0.2) is 121 Å². The minimum atomic E-state index is -0.100. The van der Waals surface area contributed by atoms with Gasteiger partial charge in [-0.2, -0.15) is 0 Å². The van der Waals surface area contributed by atoms with Crippen molar-refractivity contribution >= 4 is 17.3 Å². The number of amides is 1. The largest absolute Gasteiger partial charge is 0.277 e. The van der Waals surface area contributed by atoms with Gasteiger partial charge in [0.1, 0.15) is 0 Å². The monoisotopic (exact) mass is 417 g/mol. The first-order valence-corrected chi connectivity index (χ1v) is 10.9. The second kappa shape index (κ2) is 9.93. The van der Waals surface area contributed by atoms with Crippen molar-refractivity contribution in [2.45, 2.75) is 19.8 Å². The molecule has 0 heterocycles. The van der Waals surface area contributed by atoms with Crippen LogP contribution in [0.3, 0.4) is 0 Å². The van der Waals surface area contributed by atoms with Gasteiger partial charge in [-0.25, -0.2) is 0 Å². The molecule has 4 aromatic rings.